The van der Waals surface area contributed by atoms with E-state index in [0.717, 1.165) is 12.0 Å². The zero-order chi connectivity index (χ0) is 25.2. The summed E-state index contributed by atoms with van der Waals surface area (Å²) >= 11 is 0. The standard InChI is InChI=1S/C28H32O7/c1-26-12-10-18(29)14-17(26)8-9-19-20-11-13-28(23(31)24(32)33,27(20,2)15-21(30)22(19)26)35-25(34)16-6-4-3-5-7-16/h3-7,10,12,14,19-22,24,30,32-33H,8-9,11,13,15H2,1-2H3/t19-,20-,21?,22+,26-,27-,28-/m0/s1. The van der Waals surface area contributed by atoms with Crippen molar-refractivity contribution in [2.75, 3.05) is 0 Å². The molecule has 186 valence electrons. The van der Waals surface area contributed by atoms with Crippen LogP contribution in [-0.2, 0) is 14.3 Å². The van der Waals surface area contributed by atoms with Crippen molar-refractivity contribution < 1.29 is 34.4 Å². The Bertz CT molecular complexity index is 1120. The van der Waals surface area contributed by atoms with Crippen molar-refractivity contribution in [2.45, 2.75) is 63.9 Å². The molecule has 1 aromatic carbocycles. The average Bonchev–Trinajstić information content (AvgIpc) is 3.11. The van der Waals surface area contributed by atoms with Crippen LogP contribution in [0.1, 0.15) is 56.3 Å². The first kappa shape index (κ1) is 24.1. The van der Waals surface area contributed by atoms with Gasteiger partial charge in [-0.1, -0.05) is 43.7 Å². The minimum Gasteiger partial charge on any atom is -0.447 e. The highest BCUT2D eigenvalue weighted by molar-refractivity contribution is 6.01. The highest BCUT2D eigenvalue weighted by atomic mass is 16.6. The van der Waals surface area contributed by atoms with Crippen molar-refractivity contribution in [3.8, 4) is 0 Å². The van der Waals surface area contributed by atoms with Gasteiger partial charge in [0.05, 0.1) is 11.7 Å². The summed E-state index contributed by atoms with van der Waals surface area (Å²) in [6.07, 6.45) is 4.37. The first-order valence-corrected chi connectivity index (χ1v) is 12.3. The van der Waals surface area contributed by atoms with Gasteiger partial charge in [0.1, 0.15) is 0 Å². The van der Waals surface area contributed by atoms with Gasteiger partial charge in [0.15, 0.2) is 11.4 Å². The fraction of sp³-hybridized carbons (Fsp3) is 0.536. The summed E-state index contributed by atoms with van der Waals surface area (Å²) < 4.78 is 5.96. The second kappa shape index (κ2) is 8.22. The monoisotopic (exact) mass is 480 g/mol. The lowest BCUT2D eigenvalue weighted by Crippen LogP contribution is -2.64. The summed E-state index contributed by atoms with van der Waals surface area (Å²) in [6.45, 7) is 3.90. The van der Waals surface area contributed by atoms with Crippen molar-refractivity contribution in [3.05, 3.63) is 59.7 Å². The molecule has 3 saturated carbocycles. The van der Waals surface area contributed by atoms with Gasteiger partial charge in [-0.25, -0.2) is 4.79 Å². The smallest absolute Gasteiger partial charge is 0.339 e. The molecule has 0 heterocycles. The van der Waals surface area contributed by atoms with Gasteiger partial charge in [-0.3, -0.25) is 9.59 Å². The normalized spacial score (nSPS) is 39.9. The Morgan fingerprint density at radius 2 is 1.83 bits per heavy atom. The second-order valence-corrected chi connectivity index (χ2v) is 11.1. The van der Waals surface area contributed by atoms with E-state index in [9.17, 15) is 29.7 Å². The zero-order valence-corrected chi connectivity index (χ0v) is 20.0. The number of rotatable bonds is 4. The van der Waals surface area contributed by atoms with E-state index in [0.29, 0.717) is 12.8 Å². The lowest BCUT2D eigenvalue weighted by atomic mass is 9.46. The van der Waals surface area contributed by atoms with Crippen LogP contribution in [0.2, 0.25) is 0 Å². The molecule has 7 atom stereocenters. The molecule has 0 radical (unpaired) electrons. The van der Waals surface area contributed by atoms with Crippen LogP contribution in [-0.4, -0.2) is 50.9 Å². The van der Waals surface area contributed by atoms with E-state index in [-0.39, 0.29) is 41.9 Å². The van der Waals surface area contributed by atoms with Gasteiger partial charge in [0.25, 0.3) is 0 Å². The summed E-state index contributed by atoms with van der Waals surface area (Å²) in [5.74, 6) is -1.90. The van der Waals surface area contributed by atoms with Crippen molar-refractivity contribution >= 4 is 17.5 Å². The molecule has 0 amide bonds. The number of fused-ring (bicyclic) bond motifs is 5. The Morgan fingerprint density at radius 3 is 2.51 bits per heavy atom. The molecular formula is C28H32O7. The minimum absolute atomic E-state index is 0.0182. The maximum atomic E-state index is 13.4. The summed E-state index contributed by atoms with van der Waals surface area (Å²) in [5.41, 5.74) is -1.92. The van der Waals surface area contributed by atoms with Gasteiger partial charge < -0.3 is 20.1 Å². The van der Waals surface area contributed by atoms with Crippen LogP contribution in [0.3, 0.4) is 0 Å². The van der Waals surface area contributed by atoms with Crippen molar-refractivity contribution in [1.82, 2.24) is 0 Å². The number of Topliss-reactive ketones (excluding diaryl/α,β-unsaturated/α-hetero) is 1. The molecule has 3 fully saturated rings. The number of aliphatic hydroxyl groups excluding tert-OH is 2. The fourth-order valence-corrected chi connectivity index (χ4v) is 7.94. The predicted octanol–water partition coefficient (Wildman–Crippen LogP) is 2.74. The Morgan fingerprint density at radius 1 is 1.11 bits per heavy atom. The molecule has 4 aliphatic carbocycles. The summed E-state index contributed by atoms with van der Waals surface area (Å²) in [6, 6.07) is 8.32. The van der Waals surface area contributed by atoms with Crippen molar-refractivity contribution in [3.63, 3.8) is 0 Å². The molecule has 0 aliphatic heterocycles. The van der Waals surface area contributed by atoms with Gasteiger partial charge >= 0.3 is 5.97 Å². The number of ketones is 2. The molecule has 3 N–H and O–H groups in total. The van der Waals surface area contributed by atoms with Crippen LogP contribution in [0.25, 0.3) is 0 Å². The molecule has 7 nitrogen and oxygen atoms in total. The Hall–Kier alpha value is -2.61. The zero-order valence-electron chi connectivity index (χ0n) is 20.0. The number of ether oxygens (including phenoxy) is 1. The highest BCUT2D eigenvalue weighted by Gasteiger charge is 2.71. The topological polar surface area (TPSA) is 121 Å². The average molecular weight is 481 g/mol. The van der Waals surface area contributed by atoms with E-state index < -0.39 is 40.6 Å². The molecule has 1 aromatic rings. The first-order valence-electron chi connectivity index (χ1n) is 12.3. The Labute approximate surface area is 204 Å². The van der Waals surface area contributed by atoms with Crippen LogP contribution >= 0.6 is 0 Å². The van der Waals surface area contributed by atoms with Crippen LogP contribution in [0.5, 0.6) is 0 Å². The van der Waals surface area contributed by atoms with E-state index in [2.05, 4.69) is 6.92 Å². The van der Waals surface area contributed by atoms with Crippen LogP contribution < -0.4 is 0 Å². The quantitative estimate of drug-likeness (QED) is 0.448. The number of benzene rings is 1. The number of carbonyl (C=O) groups excluding carboxylic acids is 3. The van der Waals surface area contributed by atoms with E-state index in [1.165, 1.54) is 0 Å². The number of allylic oxidation sites excluding steroid dienone is 4. The Kier molecular flexibility index (Phi) is 5.66. The van der Waals surface area contributed by atoms with Crippen molar-refractivity contribution in [1.29, 1.82) is 0 Å². The maximum Gasteiger partial charge on any atom is 0.339 e. The third kappa shape index (κ3) is 3.39. The summed E-state index contributed by atoms with van der Waals surface area (Å²) in [7, 11) is 0. The molecule has 0 aromatic heterocycles. The van der Waals surface area contributed by atoms with Gasteiger partial charge in [-0.05, 0) is 68.2 Å². The van der Waals surface area contributed by atoms with E-state index >= 15 is 0 Å². The molecular weight excluding hydrogens is 448 g/mol. The largest absolute Gasteiger partial charge is 0.447 e. The summed E-state index contributed by atoms with van der Waals surface area (Å²) in [5, 5.41) is 31.5. The Balaban J connectivity index is 1.55. The van der Waals surface area contributed by atoms with E-state index in [1.54, 1.807) is 42.5 Å². The lowest BCUT2D eigenvalue weighted by molar-refractivity contribution is -0.195. The van der Waals surface area contributed by atoms with Crippen molar-refractivity contribution in [2.24, 2.45) is 28.6 Å². The molecule has 0 bridgehead atoms. The number of carbonyl (C=O) groups is 3. The summed E-state index contributed by atoms with van der Waals surface area (Å²) in [4.78, 5) is 38.5. The number of hydrogen-bond donors (Lipinski definition) is 3. The second-order valence-electron chi connectivity index (χ2n) is 11.1. The molecule has 4 aliphatic rings. The SMILES string of the molecule is C[C@]12C=CC(=O)C=C1CC[C@@H]1[C@@H]2C(O)C[C@@]2(C)[C@H]1CC[C@]2(OC(=O)c1ccccc1)C(=O)C(O)O. The minimum atomic E-state index is -2.30. The lowest BCUT2D eigenvalue weighted by Gasteiger charge is -2.59. The molecule has 0 saturated heterocycles. The third-order valence-electron chi connectivity index (χ3n) is 9.52. The maximum absolute atomic E-state index is 13.4. The number of esters is 1. The van der Waals surface area contributed by atoms with Gasteiger partial charge in [0, 0.05) is 16.7 Å². The predicted molar refractivity (Wildman–Crippen MR) is 126 cm³/mol. The number of hydrogen-bond acceptors (Lipinski definition) is 7. The van der Waals surface area contributed by atoms with Crippen LogP contribution in [0, 0.1) is 28.6 Å². The van der Waals surface area contributed by atoms with E-state index in [1.807, 2.05) is 13.0 Å². The molecule has 5 rings (SSSR count). The molecule has 7 heteroatoms. The van der Waals surface area contributed by atoms with Crippen LogP contribution in [0.4, 0.5) is 0 Å². The van der Waals surface area contributed by atoms with Gasteiger partial charge in [0.2, 0.25) is 12.1 Å². The molecule has 1 unspecified atom stereocenters. The first-order chi connectivity index (χ1) is 16.5. The molecule has 0 spiro atoms. The van der Waals surface area contributed by atoms with Crippen LogP contribution in [0.15, 0.2) is 54.1 Å². The van der Waals surface area contributed by atoms with E-state index in [4.69, 9.17) is 4.74 Å². The molecule has 35 heavy (non-hydrogen) atoms. The number of aliphatic hydroxyl groups is 3. The third-order valence-corrected chi connectivity index (χ3v) is 9.52. The van der Waals surface area contributed by atoms with Gasteiger partial charge in [-0.15, -0.1) is 0 Å². The fourth-order valence-electron chi connectivity index (χ4n) is 7.94. The van der Waals surface area contributed by atoms with Gasteiger partial charge in [-0.2, -0.15) is 0 Å². The highest BCUT2D eigenvalue weighted by Crippen LogP contribution is 2.68.